The van der Waals surface area contributed by atoms with Gasteiger partial charge in [-0.05, 0) is 34.1 Å². The lowest BCUT2D eigenvalue weighted by Gasteiger charge is -2.03. The molecule has 1 aromatic heterocycles. The second kappa shape index (κ2) is 7.67. The van der Waals surface area contributed by atoms with Gasteiger partial charge in [-0.25, -0.2) is 5.43 Å². The van der Waals surface area contributed by atoms with Crippen molar-refractivity contribution in [2.45, 2.75) is 0 Å². The number of hydrogen-bond donors (Lipinski definition) is 2. The molecule has 112 valence electrons. The van der Waals surface area contributed by atoms with E-state index in [0.29, 0.717) is 20.6 Å². The molecule has 0 fully saturated rings. The Morgan fingerprint density at radius 1 is 1.32 bits per heavy atom. The Hall–Kier alpha value is -2.25. The van der Waals surface area contributed by atoms with Crippen LogP contribution in [-0.2, 0) is 0 Å². The third-order valence-corrected chi connectivity index (χ3v) is 3.21. The Morgan fingerprint density at radius 3 is 2.82 bits per heavy atom. The van der Waals surface area contributed by atoms with Crippen molar-refractivity contribution in [3.05, 3.63) is 63.3 Å². The van der Waals surface area contributed by atoms with Crippen molar-refractivity contribution >= 4 is 45.4 Å². The number of rotatable bonds is 4. The summed E-state index contributed by atoms with van der Waals surface area (Å²) in [5, 5.41) is 16.1. The van der Waals surface area contributed by atoms with Crippen molar-refractivity contribution in [1.82, 2.24) is 10.4 Å². The highest BCUT2D eigenvalue weighted by Gasteiger charge is 2.07. The molecule has 0 atom stereocenters. The summed E-state index contributed by atoms with van der Waals surface area (Å²) < 4.78 is 0.677. The molecule has 2 N–H and O–H groups in total. The number of halogens is 2. The van der Waals surface area contributed by atoms with Gasteiger partial charge in [0, 0.05) is 27.5 Å². The molecule has 22 heavy (non-hydrogen) atoms. The van der Waals surface area contributed by atoms with Gasteiger partial charge in [0.25, 0.3) is 5.91 Å². The molecule has 0 spiro atoms. The van der Waals surface area contributed by atoms with E-state index < -0.39 is 5.91 Å². The van der Waals surface area contributed by atoms with Gasteiger partial charge in [0.1, 0.15) is 5.71 Å². The molecule has 2 rings (SSSR count). The van der Waals surface area contributed by atoms with Gasteiger partial charge in [0.2, 0.25) is 0 Å². The van der Waals surface area contributed by atoms with Crippen molar-refractivity contribution in [3.8, 4) is 0 Å². The average Bonchev–Trinajstić information content (AvgIpc) is 2.51. The molecular formula is C14H10BrClN4O2. The maximum Gasteiger partial charge on any atom is 0.272 e. The first-order valence-corrected chi connectivity index (χ1v) is 7.19. The zero-order chi connectivity index (χ0) is 15.9. The first-order chi connectivity index (χ1) is 10.6. The van der Waals surface area contributed by atoms with Crippen LogP contribution in [0.15, 0.2) is 57.5 Å². The van der Waals surface area contributed by atoms with E-state index in [1.165, 1.54) is 6.20 Å². The maximum absolute atomic E-state index is 12.0. The number of aromatic nitrogens is 1. The fraction of sp³-hybridized carbons (Fsp3) is 0. The first-order valence-electron chi connectivity index (χ1n) is 6.02. The highest BCUT2D eigenvalue weighted by atomic mass is 79.9. The van der Waals surface area contributed by atoms with E-state index in [4.69, 9.17) is 16.8 Å². The predicted molar refractivity (Wildman–Crippen MR) is 87.7 cm³/mol. The Bertz CT molecular complexity index is 749. The van der Waals surface area contributed by atoms with Crippen LogP contribution in [0.1, 0.15) is 15.9 Å². The minimum Gasteiger partial charge on any atom is -0.411 e. The summed E-state index contributed by atoms with van der Waals surface area (Å²) in [5.74, 6) is -0.445. The number of hydrogen-bond acceptors (Lipinski definition) is 5. The Balaban J connectivity index is 2.22. The molecule has 6 nitrogen and oxygen atoms in total. The van der Waals surface area contributed by atoms with Crippen molar-refractivity contribution in [3.63, 3.8) is 0 Å². The van der Waals surface area contributed by atoms with Crippen molar-refractivity contribution < 1.29 is 10.0 Å². The summed E-state index contributed by atoms with van der Waals surface area (Å²) in [5.41, 5.74) is 3.56. The first kappa shape index (κ1) is 16.1. The number of oxime groups is 1. The summed E-state index contributed by atoms with van der Waals surface area (Å²) in [6.45, 7) is 0. The zero-order valence-electron chi connectivity index (χ0n) is 11.1. The molecule has 1 amide bonds. The Kier molecular flexibility index (Phi) is 5.62. The minimum atomic E-state index is -0.445. The van der Waals surface area contributed by atoms with Crippen LogP contribution in [-0.4, -0.2) is 28.0 Å². The largest absolute Gasteiger partial charge is 0.411 e. The van der Waals surface area contributed by atoms with Gasteiger partial charge in [0.15, 0.2) is 0 Å². The second-order valence-electron chi connectivity index (χ2n) is 4.08. The molecule has 0 unspecified atom stereocenters. The molecule has 0 aliphatic heterocycles. The van der Waals surface area contributed by atoms with Crippen LogP contribution in [0.4, 0.5) is 0 Å². The molecule has 0 aliphatic rings. The predicted octanol–water partition coefficient (Wildman–Crippen LogP) is 3.09. The Morgan fingerprint density at radius 2 is 2.14 bits per heavy atom. The molecule has 0 aliphatic carbocycles. The molecule has 2 aromatic rings. The fourth-order valence-electron chi connectivity index (χ4n) is 1.58. The van der Waals surface area contributed by atoms with Gasteiger partial charge in [-0.15, -0.1) is 0 Å². The number of nitrogens with one attached hydrogen (secondary N) is 1. The lowest BCUT2D eigenvalue weighted by molar-refractivity contribution is 0.0954. The van der Waals surface area contributed by atoms with E-state index in [2.05, 4.69) is 36.6 Å². The van der Waals surface area contributed by atoms with Crippen LogP contribution in [0.5, 0.6) is 0 Å². The number of amides is 1. The molecule has 0 radical (unpaired) electrons. The number of carbonyl (C=O) groups excluding carboxylic acids is 1. The van der Waals surface area contributed by atoms with Crippen LogP contribution in [0, 0.1) is 0 Å². The number of benzene rings is 1. The lowest BCUT2D eigenvalue weighted by atomic mass is 10.1. The molecule has 0 bridgehead atoms. The quantitative estimate of drug-likeness (QED) is 0.485. The third-order valence-electron chi connectivity index (χ3n) is 2.55. The smallest absolute Gasteiger partial charge is 0.272 e. The van der Waals surface area contributed by atoms with E-state index in [9.17, 15) is 4.79 Å². The maximum atomic E-state index is 12.0. The summed E-state index contributed by atoms with van der Waals surface area (Å²) >= 11 is 9.14. The number of nitrogens with zero attached hydrogens (tertiary/aromatic N) is 3. The normalized spacial score (nSPS) is 11.6. The zero-order valence-corrected chi connectivity index (χ0v) is 13.4. The summed E-state index contributed by atoms with van der Waals surface area (Å²) in [4.78, 5) is 15.9. The molecule has 8 heteroatoms. The minimum absolute atomic E-state index is 0.251. The average molecular weight is 382 g/mol. The standard InChI is InChI=1S/C14H10BrClN4O2/c15-11-4-10(6-17-7-11)14(21)20-19-13(8-18-22)9-2-1-3-12(16)5-9/h1-8,22H,(H,20,21). The second-order valence-corrected chi connectivity index (χ2v) is 5.44. The Labute approximate surface area is 139 Å². The van der Waals surface area contributed by atoms with E-state index in [-0.39, 0.29) is 5.71 Å². The molecule has 0 saturated heterocycles. The molecular weight excluding hydrogens is 372 g/mol. The van der Waals surface area contributed by atoms with Crippen molar-refractivity contribution in [1.29, 1.82) is 0 Å². The summed E-state index contributed by atoms with van der Waals surface area (Å²) in [7, 11) is 0. The van der Waals surface area contributed by atoms with Gasteiger partial charge < -0.3 is 5.21 Å². The van der Waals surface area contributed by atoms with E-state index in [0.717, 1.165) is 6.21 Å². The number of pyridine rings is 1. The number of carbonyl (C=O) groups is 1. The van der Waals surface area contributed by atoms with E-state index in [1.54, 1.807) is 36.5 Å². The number of hydrazone groups is 1. The van der Waals surface area contributed by atoms with Crippen LogP contribution >= 0.6 is 27.5 Å². The molecule has 1 aromatic carbocycles. The topological polar surface area (TPSA) is 86.9 Å². The fourth-order valence-corrected chi connectivity index (χ4v) is 2.14. The van der Waals surface area contributed by atoms with Crippen LogP contribution in [0.2, 0.25) is 5.02 Å². The lowest BCUT2D eigenvalue weighted by Crippen LogP contribution is -2.20. The highest BCUT2D eigenvalue weighted by molar-refractivity contribution is 9.10. The van der Waals surface area contributed by atoms with E-state index >= 15 is 0 Å². The van der Waals surface area contributed by atoms with Crippen LogP contribution in [0.3, 0.4) is 0 Å². The summed E-state index contributed by atoms with van der Waals surface area (Å²) in [6, 6.07) is 8.38. The van der Waals surface area contributed by atoms with Gasteiger partial charge in [-0.3, -0.25) is 9.78 Å². The van der Waals surface area contributed by atoms with Crippen molar-refractivity contribution in [2.24, 2.45) is 10.3 Å². The van der Waals surface area contributed by atoms with Gasteiger partial charge >= 0.3 is 0 Å². The van der Waals surface area contributed by atoms with Crippen LogP contribution in [0.25, 0.3) is 0 Å². The third kappa shape index (κ3) is 4.37. The van der Waals surface area contributed by atoms with Crippen LogP contribution < -0.4 is 5.43 Å². The van der Waals surface area contributed by atoms with Gasteiger partial charge in [-0.2, -0.15) is 5.10 Å². The molecule has 1 heterocycles. The van der Waals surface area contributed by atoms with Crippen molar-refractivity contribution in [2.75, 3.05) is 0 Å². The van der Waals surface area contributed by atoms with E-state index in [1.807, 2.05) is 0 Å². The summed E-state index contributed by atoms with van der Waals surface area (Å²) in [6.07, 6.45) is 4.08. The molecule has 0 saturated carbocycles. The highest BCUT2D eigenvalue weighted by Crippen LogP contribution is 2.12. The van der Waals surface area contributed by atoms with Gasteiger partial charge in [-0.1, -0.05) is 28.9 Å². The monoisotopic (exact) mass is 380 g/mol. The SMILES string of the molecule is O=C(NN=C(C=NO)c1cccc(Cl)c1)c1cncc(Br)c1. The van der Waals surface area contributed by atoms with Gasteiger partial charge in [0.05, 0.1) is 11.8 Å².